The highest BCUT2D eigenvalue weighted by molar-refractivity contribution is 5.89. The summed E-state index contributed by atoms with van der Waals surface area (Å²) < 4.78 is 13.3. The van der Waals surface area contributed by atoms with Gasteiger partial charge in [-0.3, -0.25) is 4.79 Å². The smallest absolute Gasteiger partial charge is 0.221 e. The lowest BCUT2D eigenvalue weighted by molar-refractivity contribution is -0.114. The van der Waals surface area contributed by atoms with Gasteiger partial charge in [-0.05, 0) is 55.6 Å². The Hall–Kier alpha value is -1.42. The lowest BCUT2D eigenvalue weighted by Crippen LogP contribution is -2.27. The monoisotopic (exact) mass is 236 g/mol. The second kappa shape index (κ2) is 5.27. The molecule has 4 heteroatoms. The van der Waals surface area contributed by atoms with Gasteiger partial charge in [0.05, 0.1) is 0 Å². The van der Waals surface area contributed by atoms with Crippen LogP contribution in [-0.2, 0) is 4.79 Å². The second-order valence-corrected chi connectivity index (χ2v) is 4.44. The zero-order chi connectivity index (χ0) is 12.3. The third-order valence-corrected chi connectivity index (χ3v) is 3.10. The normalized spacial score (nSPS) is 16.8. The maximum absolute atomic E-state index is 13.3. The van der Waals surface area contributed by atoms with E-state index in [0.29, 0.717) is 5.92 Å². The SMILES string of the molecule is CC(=O)Nc1ccc(F)cc1C1CCNCC1. The van der Waals surface area contributed by atoms with E-state index in [-0.39, 0.29) is 11.7 Å². The third-order valence-electron chi connectivity index (χ3n) is 3.10. The predicted molar refractivity (Wildman–Crippen MR) is 65.5 cm³/mol. The molecular weight excluding hydrogens is 219 g/mol. The Balaban J connectivity index is 2.28. The third kappa shape index (κ3) is 3.03. The van der Waals surface area contributed by atoms with Crippen LogP contribution in [0.25, 0.3) is 0 Å². The zero-order valence-electron chi connectivity index (χ0n) is 9.92. The average molecular weight is 236 g/mol. The maximum atomic E-state index is 13.3. The topological polar surface area (TPSA) is 41.1 Å². The van der Waals surface area contributed by atoms with E-state index in [1.165, 1.54) is 13.0 Å². The Labute approximate surface area is 100 Å². The van der Waals surface area contributed by atoms with Crippen LogP contribution < -0.4 is 10.6 Å². The van der Waals surface area contributed by atoms with Gasteiger partial charge in [0.25, 0.3) is 0 Å². The van der Waals surface area contributed by atoms with Gasteiger partial charge in [0.1, 0.15) is 5.82 Å². The summed E-state index contributed by atoms with van der Waals surface area (Å²) >= 11 is 0. The van der Waals surface area contributed by atoms with E-state index in [0.717, 1.165) is 37.2 Å². The van der Waals surface area contributed by atoms with Crippen molar-refractivity contribution in [2.75, 3.05) is 18.4 Å². The Bertz CT molecular complexity index is 414. The van der Waals surface area contributed by atoms with Crippen LogP contribution in [0.3, 0.4) is 0 Å². The molecular formula is C13H17FN2O. The number of carbonyl (C=O) groups excluding carboxylic acids is 1. The van der Waals surface area contributed by atoms with E-state index in [1.54, 1.807) is 12.1 Å². The molecule has 17 heavy (non-hydrogen) atoms. The van der Waals surface area contributed by atoms with Crippen LogP contribution in [0.5, 0.6) is 0 Å². The first-order valence-electron chi connectivity index (χ1n) is 5.94. The van der Waals surface area contributed by atoms with Crippen molar-refractivity contribution in [1.82, 2.24) is 5.32 Å². The Morgan fingerprint density at radius 1 is 1.41 bits per heavy atom. The number of nitrogens with one attached hydrogen (secondary N) is 2. The first-order valence-corrected chi connectivity index (χ1v) is 5.94. The van der Waals surface area contributed by atoms with Gasteiger partial charge < -0.3 is 10.6 Å². The van der Waals surface area contributed by atoms with Crippen LogP contribution in [0, 0.1) is 5.82 Å². The van der Waals surface area contributed by atoms with Crippen LogP contribution in [-0.4, -0.2) is 19.0 Å². The number of hydrogen-bond acceptors (Lipinski definition) is 2. The molecule has 2 N–H and O–H groups in total. The van der Waals surface area contributed by atoms with Gasteiger partial charge in [-0.25, -0.2) is 4.39 Å². The summed E-state index contributed by atoms with van der Waals surface area (Å²) in [7, 11) is 0. The minimum absolute atomic E-state index is 0.119. The number of carbonyl (C=O) groups is 1. The molecule has 0 spiro atoms. The number of hydrogen-bond donors (Lipinski definition) is 2. The van der Waals surface area contributed by atoms with Crippen molar-refractivity contribution in [1.29, 1.82) is 0 Å². The Morgan fingerprint density at radius 2 is 2.12 bits per heavy atom. The fourth-order valence-electron chi connectivity index (χ4n) is 2.31. The molecule has 1 aliphatic heterocycles. The first-order chi connectivity index (χ1) is 8.16. The van der Waals surface area contributed by atoms with E-state index in [2.05, 4.69) is 10.6 Å². The van der Waals surface area contributed by atoms with Crippen molar-refractivity contribution in [2.24, 2.45) is 0 Å². The molecule has 0 aliphatic carbocycles. The summed E-state index contributed by atoms with van der Waals surface area (Å²) in [6.45, 7) is 3.36. The number of amides is 1. The van der Waals surface area contributed by atoms with Crippen molar-refractivity contribution >= 4 is 11.6 Å². The highest BCUT2D eigenvalue weighted by Crippen LogP contribution is 2.31. The molecule has 1 saturated heterocycles. The van der Waals surface area contributed by atoms with E-state index < -0.39 is 0 Å². The fraction of sp³-hybridized carbons (Fsp3) is 0.462. The molecule has 2 rings (SSSR count). The van der Waals surface area contributed by atoms with Gasteiger partial charge in [-0.2, -0.15) is 0 Å². The van der Waals surface area contributed by atoms with Gasteiger partial charge in [0, 0.05) is 12.6 Å². The number of benzene rings is 1. The molecule has 1 aromatic carbocycles. The van der Waals surface area contributed by atoms with Crippen LogP contribution in [0.2, 0.25) is 0 Å². The lowest BCUT2D eigenvalue weighted by Gasteiger charge is -2.25. The van der Waals surface area contributed by atoms with Crippen molar-refractivity contribution in [3.63, 3.8) is 0 Å². The van der Waals surface area contributed by atoms with Gasteiger partial charge in [-0.1, -0.05) is 0 Å². The summed E-state index contributed by atoms with van der Waals surface area (Å²) in [6.07, 6.45) is 1.96. The van der Waals surface area contributed by atoms with Crippen LogP contribution in [0.1, 0.15) is 31.2 Å². The van der Waals surface area contributed by atoms with Crippen molar-refractivity contribution in [3.8, 4) is 0 Å². The van der Waals surface area contributed by atoms with Gasteiger partial charge in [-0.15, -0.1) is 0 Å². The van der Waals surface area contributed by atoms with Crippen molar-refractivity contribution < 1.29 is 9.18 Å². The van der Waals surface area contributed by atoms with Crippen LogP contribution in [0.15, 0.2) is 18.2 Å². The van der Waals surface area contributed by atoms with E-state index >= 15 is 0 Å². The van der Waals surface area contributed by atoms with E-state index in [9.17, 15) is 9.18 Å². The van der Waals surface area contributed by atoms with E-state index in [1.807, 2.05) is 0 Å². The molecule has 1 aliphatic rings. The summed E-state index contributed by atoms with van der Waals surface area (Å²) in [5.74, 6) is -0.0340. The van der Waals surface area contributed by atoms with Crippen molar-refractivity contribution in [2.45, 2.75) is 25.7 Å². The Morgan fingerprint density at radius 3 is 2.76 bits per heavy atom. The van der Waals surface area contributed by atoms with Gasteiger partial charge in [0.15, 0.2) is 0 Å². The molecule has 0 saturated carbocycles. The van der Waals surface area contributed by atoms with Crippen LogP contribution >= 0.6 is 0 Å². The highest BCUT2D eigenvalue weighted by Gasteiger charge is 2.19. The first kappa shape index (κ1) is 12.0. The number of anilines is 1. The molecule has 0 radical (unpaired) electrons. The number of rotatable bonds is 2. The molecule has 3 nitrogen and oxygen atoms in total. The number of halogens is 1. The molecule has 1 heterocycles. The summed E-state index contributed by atoms with van der Waals surface area (Å²) in [5, 5.41) is 6.05. The molecule has 1 aromatic rings. The highest BCUT2D eigenvalue weighted by atomic mass is 19.1. The molecule has 0 unspecified atom stereocenters. The Kier molecular flexibility index (Phi) is 3.74. The molecule has 0 aromatic heterocycles. The molecule has 1 fully saturated rings. The summed E-state index contributed by atoms with van der Waals surface area (Å²) in [5.41, 5.74) is 1.66. The predicted octanol–water partition coefficient (Wildman–Crippen LogP) is 2.25. The summed E-state index contributed by atoms with van der Waals surface area (Å²) in [6, 6.07) is 4.57. The molecule has 1 amide bonds. The lowest BCUT2D eigenvalue weighted by atomic mass is 9.89. The van der Waals surface area contributed by atoms with Crippen molar-refractivity contribution in [3.05, 3.63) is 29.6 Å². The second-order valence-electron chi connectivity index (χ2n) is 4.44. The maximum Gasteiger partial charge on any atom is 0.221 e. The average Bonchev–Trinajstić information content (AvgIpc) is 2.32. The molecule has 0 atom stereocenters. The van der Waals surface area contributed by atoms with Gasteiger partial charge in [0.2, 0.25) is 5.91 Å². The molecule has 92 valence electrons. The molecule has 0 bridgehead atoms. The van der Waals surface area contributed by atoms with Crippen LogP contribution in [0.4, 0.5) is 10.1 Å². The largest absolute Gasteiger partial charge is 0.326 e. The van der Waals surface area contributed by atoms with Gasteiger partial charge >= 0.3 is 0 Å². The minimum Gasteiger partial charge on any atom is -0.326 e. The fourth-order valence-corrected chi connectivity index (χ4v) is 2.31. The zero-order valence-corrected chi connectivity index (χ0v) is 9.92. The van der Waals surface area contributed by atoms with E-state index in [4.69, 9.17) is 0 Å². The standard InChI is InChI=1S/C13H17FN2O/c1-9(17)16-13-3-2-11(14)8-12(13)10-4-6-15-7-5-10/h2-3,8,10,15H,4-7H2,1H3,(H,16,17). The number of piperidine rings is 1. The summed E-state index contributed by atoms with van der Waals surface area (Å²) in [4.78, 5) is 11.1. The minimum atomic E-state index is -0.243. The quantitative estimate of drug-likeness (QED) is 0.827.